The Morgan fingerprint density at radius 1 is 0.960 bits per heavy atom. The lowest BCUT2D eigenvalue weighted by atomic mass is 10.0. The quantitative estimate of drug-likeness (QED) is 0.509. The first-order chi connectivity index (χ1) is 12.3. The SMILES string of the molecule is CCCn1cnc2scc(-c3ccc(-c4ccccc4)cc3)c2c1=O. The number of benzene rings is 2. The molecule has 0 fully saturated rings. The normalized spacial score (nSPS) is 11.1. The molecule has 0 N–H and O–H groups in total. The van der Waals surface area contributed by atoms with Gasteiger partial charge in [-0.2, -0.15) is 0 Å². The van der Waals surface area contributed by atoms with Gasteiger partial charge in [0.05, 0.1) is 11.7 Å². The van der Waals surface area contributed by atoms with Gasteiger partial charge in [0.25, 0.3) is 5.56 Å². The van der Waals surface area contributed by atoms with Gasteiger partial charge < -0.3 is 0 Å². The Morgan fingerprint density at radius 2 is 1.64 bits per heavy atom. The van der Waals surface area contributed by atoms with Crippen molar-refractivity contribution in [1.29, 1.82) is 0 Å². The summed E-state index contributed by atoms with van der Waals surface area (Å²) in [5, 5.41) is 2.76. The van der Waals surface area contributed by atoms with Crippen molar-refractivity contribution < 1.29 is 0 Å². The molecule has 4 rings (SSSR count). The van der Waals surface area contributed by atoms with Crippen molar-refractivity contribution in [3.8, 4) is 22.3 Å². The second kappa shape index (κ2) is 6.65. The van der Waals surface area contributed by atoms with Crippen molar-refractivity contribution >= 4 is 21.6 Å². The van der Waals surface area contributed by atoms with E-state index in [-0.39, 0.29) is 5.56 Å². The molecule has 124 valence electrons. The van der Waals surface area contributed by atoms with Crippen LogP contribution in [0.2, 0.25) is 0 Å². The molecule has 4 heteroatoms. The Labute approximate surface area is 150 Å². The fourth-order valence-corrected chi connectivity index (χ4v) is 3.96. The summed E-state index contributed by atoms with van der Waals surface area (Å²) in [7, 11) is 0. The van der Waals surface area contributed by atoms with Crippen LogP contribution >= 0.6 is 11.3 Å². The maximum atomic E-state index is 12.8. The number of thiophene rings is 1. The predicted octanol–water partition coefficient (Wildman–Crippen LogP) is 5.20. The highest BCUT2D eigenvalue weighted by Crippen LogP contribution is 2.32. The van der Waals surface area contributed by atoms with E-state index < -0.39 is 0 Å². The summed E-state index contributed by atoms with van der Waals surface area (Å²) in [4.78, 5) is 18.1. The fraction of sp³-hybridized carbons (Fsp3) is 0.143. The number of fused-ring (bicyclic) bond motifs is 1. The van der Waals surface area contributed by atoms with E-state index in [2.05, 4.69) is 48.3 Å². The van der Waals surface area contributed by atoms with Gasteiger partial charge in [0, 0.05) is 17.5 Å². The molecule has 0 saturated carbocycles. The minimum absolute atomic E-state index is 0.0511. The lowest BCUT2D eigenvalue weighted by Gasteiger charge is -2.06. The van der Waals surface area contributed by atoms with Crippen LogP contribution in [0.15, 0.2) is 71.1 Å². The summed E-state index contributed by atoms with van der Waals surface area (Å²) in [6.07, 6.45) is 2.57. The Balaban J connectivity index is 1.80. The van der Waals surface area contributed by atoms with E-state index in [1.165, 1.54) is 22.5 Å². The zero-order chi connectivity index (χ0) is 17.2. The molecule has 2 aromatic heterocycles. The molecule has 25 heavy (non-hydrogen) atoms. The number of aryl methyl sites for hydroxylation is 1. The first-order valence-corrected chi connectivity index (χ1v) is 9.28. The molecule has 0 radical (unpaired) electrons. The van der Waals surface area contributed by atoms with Crippen LogP contribution in [-0.4, -0.2) is 9.55 Å². The van der Waals surface area contributed by atoms with Crippen molar-refractivity contribution in [1.82, 2.24) is 9.55 Å². The third kappa shape index (κ3) is 2.89. The third-order valence-corrected chi connectivity index (χ3v) is 5.21. The molecule has 2 heterocycles. The average molecular weight is 346 g/mol. The van der Waals surface area contributed by atoms with Crippen molar-refractivity contribution in [3.05, 3.63) is 76.7 Å². The van der Waals surface area contributed by atoms with Gasteiger partial charge in [0.15, 0.2) is 0 Å². The average Bonchev–Trinajstić information content (AvgIpc) is 3.10. The molecule has 0 saturated heterocycles. The molecular formula is C21H18N2OS. The van der Waals surface area contributed by atoms with Crippen molar-refractivity contribution in [3.63, 3.8) is 0 Å². The third-order valence-electron chi connectivity index (χ3n) is 4.33. The second-order valence-electron chi connectivity index (χ2n) is 6.02. The zero-order valence-electron chi connectivity index (χ0n) is 14.0. The summed E-state index contributed by atoms with van der Waals surface area (Å²) in [6.45, 7) is 2.76. The molecule has 2 aromatic carbocycles. The monoisotopic (exact) mass is 346 g/mol. The van der Waals surface area contributed by atoms with E-state index in [9.17, 15) is 4.79 Å². The maximum absolute atomic E-state index is 12.8. The molecular weight excluding hydrogens is 328 g/mol. The van der Waals surface area contributed by atoms with Gasteiger partial charge in [-0.05, 0) is 23.1 Å². The fourth-order valence-electron chi connectivity index (χ4n) is 3.05. The van der Waals surface area contributed by atoms with E-state index in [1.54, 1.807) is 10.9 Å². The molecule has 0 aliphatic carbocycles. The first kappa shape index (κ1) is 15.8. The van der Waals surface area contributed by atoms with Crippen LogP contribution in [0.1, 0.15) is 13.3 Å². The van der Waals surface area contributed by atoms with Gasteiger partial charge in [-0.1, -0.05) is 61.5 Å². The Kier molecular flexibility index (Phi) is 4.20. The van der Waals surface area contributed by atoms with Gasteiger partial charge in [0.1, 0.15) is 4.83 Å². The summed E-state index contributed by atoms with van der Waals surface area (Å²) in [6, 6.07) is 18.7. The first-order valence-electron chi connectivity index (χ1n) is 8.40. The number of aromatic nitrogens is 2. The minimum Gasteiger partial charge on any atom is -0.299 e. The molecule has 0 aliphatic rings. The topological polar surface area (TPSA) is 34.9 Å². The van der Waals surface area contributed by atoms with E-state index in [0.717, 1.165) is 27.8 Å². The highest BCUT2D eigenvalue weighted by Gasteiger charge is 2.13. The highest BCUT2D eigenvalue weighted by molar-refractivity contribution is 7.17. The van der Waals surface area contributed by atoms with Crippen LogP contribution in [0.3, 0.4) is 0 Å². The smallest absolute Gasteiger partial charge is 0.262 e. The Bertz CT molecular complexity index is 1060. The van der Waals surface area contributed by atoms with Crippen LogP contribution in [0.25, 0.3) is 32.5 Å². The molecule has 0 amide bonds. The Hall–Kier alpha value is -2.72. The summed E-state index contributed by atoms with van der Waals surface area (Å²) in [5.41, 5.74) is 4.44. The zero-order valence-corrected chi connectivity index (χ0v) is 14.8. The maximum Gasteiger partial charge on any atom is 0.262 e. The van der Waals surface area contributed by atoms with Crippen LogP contribution < -0.4 is 5.56 Å². The van der Waals surface area contributed by atoms with E-state index in [0.29, 0.717) is 6.54 Å². The molecule has 0 bridgehead atoms. The van der Waals surface area contributed by atoms with E-state index in [4.69, 9.17) is 0 Å². The lowest BCUT2D eigenvalue weighted by Crippen LogP contribution is -2.20. The Morgan fingerprint density at radius 3 is 2.36 bits per heavy atom. The van der Waals surface area contributed by atoms with E-state index in [1.807, 2.05) is 23.6 Å². The largest absolute Gasteiger partial charge is 0.299 e. The van der Waals surface area contributed by atoms with Crippen LogP contribution in [0.4, 0.5) is 0 Å². The lowest BCUT2D eigenvalue weighted by molar-refractivity contribution is 0.648. The molecule has 0 atom stereocenters. The molecule has 0 spiro atoms. The van der Waals surface area contributed by atoms with Crippen LogP contribution in [0, 0.1) is 0 Å². The standard InChI is InChI=1S/C21H18N2OS/c1-2-12-23-14-22-20-19(21(23)24)18(13-25-20)17-10-8-16(9-11-17)15-6-4-3-5-7-15/h3-11,13-14H,2,12H2,1H3. The number of hydrogen-bond acceptors (Lipinski definition) is 3. The minimum atomic E-state index is 0.0511. The van der Waals surface area contributed by atoms with Gasteiger partial charge in [-0.3, -0.25) is 9.36 Å². The van der Waals surface area contributed by atoms with Gasteiger partial charge in [-0.15, -0.1) is 11.3 Å². The number of hydrogen-bond donors (Lipinski definition) is 0. The summed E-state index contributed by atoms with van der Waals surface area (Å²) in [5.74, 6) is 0. The number of rotatable bonds is 4. The van der Waals surface area contributed by atoms with Crippen molar-refractivity contribution in [2.75, 3.05) is 0 Å². The van der Waals surface area contributed by atoms with Crippen molar-refractivity contribution in [2.45, 2.75) is 19.9 Å². The van der Waals surface area contributed by atoms with Crippen LogP contribution in [0.5, 0.6) is 0 Å². The van der Waals surface area contributed by atoms with Gasteiger partial charge >= 0.3 is 0 Å². The molecule has 3 nitrogen and oxygen atoms in total. The van der Waals surface area contributed by atoms with E-state index >= 15 is 0 Å². The number of nitrogens with zero attached hydrogens (tertiary/aromatic N) is 2. The highest BCUT2D eigenvalue weighted by atomic mass is 32.1. The summed E-state index contributed by atoms with van der Waals surface area (Å²) >= 11 is 1.53. The van der Waals surface area contributed by atoms with Gasteiger partial charge in [0.2, 0.25) is 0 Å². The van der Waals surface area contributed by atoms with Crippen molar-refractivity contribution in [2.24, 2.45) is 0 Å². The molecule has 0 aliphatic heterocycles. The predicted molar refractivity (Wildman–Crippen MR) is 105 cm³/mol. The van der Waals surface area contributed by atoms with Gasteiger partial charge in [-0.25, -0.2) is 4.98 Å². The second-order valence-corrected chi connectivity index (χ2v) is 6.87. The summed E-state index contributed by atoms with van der Waals surface area (Å²) < 4.78 is 1.71. The molecule has 0 unspecified atom stereocenters. The van der Waals surface area contributed by atoms with Crippen LogP contribution in [-0.2, 0) is 6.54 Å². The molecule has 4 aromatic rings.